The zero-order valence-electron chi connectivity index (χ0n) is 10.3. The van der Waals surface area contributed by atoms with Crippen molar-refractivity contribution in [1.82, 2.24) is 4.90 Å². The fourth-order valence-corrected chi connectivity index (χ4v) is 3.50. The number of rotatable bonds is 4. The second kappa shape index (κ2) is 6.04. The Morgan fingerprint density at radius 1 is 1.53 bits per heavy atom. The molecule has 1 saturated heterocycles. The molecule has 0 aliphatic carbocycles. The van der Waals surface area contributed by atoms with Crippen LogP contribution in [0.2, 0.25) is 0 Å². The third-order valence-electron chi connectivity index (χ3n) is 2.88. The quantitative estimate of drug-likeness (QED) is 0.604. The maximum atomic E-state index is 12.0. The summed E-state index contributed by atoms with van der Waals surface area (Å²) in [5, 5.41) is 8.78. The molecule has 0 radical (unpaired) electrons. The van der Waals surface area contributed by atoms with Gasteiger partial charge in [0.25, 0.3) is 0 Å². The lowest BCUT2D eigenvalue weighted by atomic mass is 10.1. The van der Waals surface area contributed by atoms with Gasteiger partial charge in [0.1, 0.15) is 0 Å². The number of terminal acetylenes is 1. The van der Waals surface area contributed by atoms with Crippen molar-refractivity contribution in [1.29, 1.82) is 0 Å². The molecule has 1 amide bonds. The van der Waals surface area contributed by atoms with Crippen molar-refractivity contribution in [2.75, 3.05) is 18.1 Å². The molecule has 0 saturated carbocycles. The average molecular weight is 288 g/mol. The second-order valence-electron chi connectivity index (χ2n) is 4.41. The van der Waals surface area contributed by atoms with Crippen molar-refractivity contribution in [2.24, 2.45) is 5.73 Å². The number of aliphatic carboxylic acids is 1. The number of nitrogens with zero attached hydrogens (tertiary/aromatic N) is 1. The van der Waals surface area contributed by atoms with Gasteiger partial charge < -0.3 is 15.7 Å². The molecule has 1 heterocycles. The predicted octanol–water partition coefficient (Wildman–Crippen LogP) is -1.56. The van der Waals surface area contributed by atoms with Crippen molar-refractivity contribution in [3.8, 4) is 12.3 Å². The Hall–Kier alpha value is -1.59. The highest BCUT2D eigenvalue weighted by Gasteiger charge is 2.36. The third kappa shape index (κ3) is 4.22. The summed E-state index contributed by atoms with van der Waals surface area (Å²) in [6.07, 6.45) is 4.67. The highest BCUT2D eigenvalue weighted by molar-refractivity contribution is 7.91. The summed E-state index contributed by atoms with van der Waals surface area (Å²) in [4.78, 5) is 24.0. The van der Waals surface area contributed by atoms with E-state index in [4.69, 9.17) is 17.3 Å². The van der Waals surface area contributed by atoms with Crippen molar-refractivity contribution in [3.05, 3.63) is 0 Å². The second-order valence-corrected chi connectivity index (χ2v) is 6.64. The van der Waals surface area contributed by atoms with Gasteiger partial charge in [-0.1, -0.05) is 0 Å². The minimum absolute atomic E-state index is 0.0296. The molecule has 1 aliphatic heterocycles. The summed E-state index contributed by atoms with van der Waals surface area (Å²) in [7, 11) is -3.32. The van der Waals surface area contributed by atoms with Crippen LogP contribution in [0.1, 0.15) is 12.8 Å². The topological polar surface area (TPSA) is 118 Å². The molecule has 106 valence electrons. The standard InChI is InChI=1S/C11H16N2O5S/c1-2-3-9(12)11(16)13-4-5-19(17,18)7-8(13)6-10(14)15/h1,8-9H,3-7,12H2,(H,14,15). The number of carboxylic acid groups (broad SMARTS) is 1. The molecule has 0 aromatic carbocycles. The van der Waals surface area contributed by atoms with Gasteiger partial charge in [-0.15, -0.1) is 12.3 Å². The molecule has 8 heteroatoms. The molecule has 0 aromatic rings. The van der Waals surface area contributed by atoms with Crippen LogP contribution in [0, 0.1) is 12.3 Å². The summed E-state index contributed by atoms with van der Waals surface area (Å²) >= 11 is 0. The van der Waals surface area contributed by atoms with Crippen LogP contribution in [-0.4, -0.2) is 60.4 Å². The predicted molar refractivity (Wildman–Crippen MR) is 67.8 cm³/mol. The van der Waals surface area contributed by atoms with E-state index in [0.29, 0.717) is 0 Å². The highest BCUT2D eigenvalue weighted by atomic mass is 32.2. The summed E-state index contributed by atoms with van der Waals surface area (Å²) in [6.45, 7) is -0.0443. The first-order valence-corrected chi connectivity index (χ1v) is 7.50. The van der Waals surface area contributed by atoms with Crippen LogP contribution >= 0.6 is 0 Å². The number of hydrogen-bond donors (Lipinski definition) is 2. The maximum Gasteiger partial charge on any atom is 0.305 e. The zero-order chi connectivity index (χ0) is 14.6. The smallest absolute Gasteiger partial charge is 0.305 e. The Labute approximate surface area is 111 Å². The molecule has 0 bridgehead atoms. The van der Waals surface area contributed by atoms with Gasteiger partial charge in [0, 0.05) is 13.0 Å². The van der Waals surface area contributed by atoms with Gasteiger partial charge in [0.2, 0.25) is 5.91 Å². The zero-order valence-corrected chi connectivity index (χ0v) is 11.1. The van der Waals surface area contributed by atoms with E-state index in [1.54, 1.807) is 0 Å². The molecule has 2 atom stereocenters. The SMILES string of the molecule is C#CCC(N)C(=O)N1CCS(=O)(=O)CC1CC(=O)O. The van der Waals surface area contributed by atoms with Gasteiger partial charge in [-0.2, -0.15) is 0 Å². The molecule has 1 aliphatic rings. The van der Waals surface area contributed by atoms with Crippen molar-refractivity contribution >= 4 is 21.7 Å². The van der Waals surface area contributed by atoms with E-state index in [1.165, 1.54) is 4.90 Å². The number of sulfone groups is 1. The highest BCUT2D eigenvalue weighted by Crippen LogP contribution is 2.16. The van der Waals surface area contributed by atoms with Crippen LogP contribution < -0.4 is 5.73 Å². The van der Waals surface area contributed by atoms with Gasteiger partial charge in [0.15, 0.2) is 9.84 Å². The Kier molecular flexibility index (Phi) is 4.91. The molecule has 0 aromatic heterocycles. The average Bonchev–Trinajstić information content (AvgIpc) is 2.26. The fourth-order valence-electron chi connectivity index (χ4n) is 1.97. The molecule has 2 unspecified atom stereocenters. The van der Waals surface area contributed by atoms with Crippen molar-refractivity contribution in [3.63, 3.8) is 0 Å². The molecule has 3 N–H and O–H groups in total. The van der Waals surface area contributed by atoms with Crippen LogP contribution in [0.4, 0.5) is 0 Å². The molecular formula is C11H16N2O5S. The van der Waals surface area contributed by atoms with E-state index in [0.717, 1.165) is 0 Å². The molecule has 19 heavy (non-hydrogen) atoms. The van der Waals surface area contributed by atoms with Crippen LogP contribution in [0.5, 0.6) is 0 Å². The first kappa shape index (κ1) is 15.5. The minimum Gasteiger partial charge on any atom is -0.481 e. The lowest BCUT2D eigenvalue weighted by Crippen LogP contribution is -2.56. The van der Waals surface area contributed by atoms with Crippen LogP contribution in [0.3, 0.4) is 0 Å². The van der Waals surface area contributed by atoms with Gasteiger partial charge in [-0.3, -0.25) is 9.59 Å². The number of hydrogen-bond acceptors (Lipinski definition) is 5. The summed E-state index contributed by atoms with van der Waals surface area (Å²) in [6, 6.07) is -1.81. The molecule has 1 fully saturated rings. The van der Waals surface area contributed by atoms with Crippen molar-refractivity contribution in [2.45, 2.75) is 24.9 Å². The van der Waals surface area contributed by atoms with E-state index in [-0.39, 0.29) is 24.5 Å². The first-order valence-electron chi connectivity index (χ1n) is 5.68. The Morgan fingerprint density at radius 2 is 2.16 bits per heavy atom. The number of carbonyl (C=O) groups is 2. The number of amides is 1. The van der Waals surface area contributed by atoms with Crippen molar-refractivity contribution < 1.29 is 23.1 Å². The largest absolute Gasteiger partial charge is 0.481 e. The maximum absolute atomic E-state index is 12.0. The fraction of sp³-hybridized carbons (Fsp3) is 0.636. The van der Waals surface area contributed by atoms with E-state index < -0.39 is 40.2 Å². The Morgan fingerprint density at radius 3 is 2.68 bits per heavy atom. The monoisotopic (exact) mass is 288 g/mol. The number of nitrogens with two attached hydrogens (primary N) is 1. The summed E-state index contributed by atoms with van der Waals surface area (Å²) < 4.78 is 23.0. The van der Waals surface area contributed by atoms with Gasteiger partial charge in [0.05, 0.1) is 30.0 Å². The Balaban J connectivity index is 2.88. The summed E-state index contributed by atoms with van der Waals surface area (Å²) in [5.41, 5.74) is 5.59. The first-order chi connectivity index (χ1) is 8.76. The van der Waals surface area contributed by atoms with E-state index in [1.807, 2.05) is 0 Å². The van der Waals surface area contributed by atoms with E-state index in [9.17, 15) is 18.0 Å². The molecule has 1 rings (SSSR count). The van der Waals surface area contributed by atoms with Crippen LogP contribution in [-0.2, 0) is 19.4 Å². The van der Waals surface area contributed by atoms with Crippen LogP contribution in [0.25, 0.3) is 0 Å². The molecule has 0 spiro atoms. The lowest BCUT2D eigenvalue weighted by Gasteiger charge is -2.36. The minimum atomic E-state index is -3.32. The van der Waals surface area contributed by atoms with Gasteiger partial charge in [-0.25, -0.2) is 8.42 Å². The van der Waals surface area contributed by atoms with Crippen LogP contribution in [0.15, 0.2) is 0 Å². The number of carboxylic acids is 1. The van der Waals surface area contributed by atoms with Gasteiger partial charge >= 0.3 is 5.97 Å². The summed E-state index contributed by atoms with van der Waals surface area (Å²) in [5.74, 6) is 0.0535. The van der Waals surface area contributed by atoms with E-state index >= 15 is 0 Å². The molecule has 7 nitrogen and oxygen atoms in total. The lowest BCUT2D eigenvalue weighted by molar-refractivity contribution is -0.140. The number of carbonyl (C=O) groups excluding carboxylic acids is 1. The third-order valence-corrected chi connectivity index (χ3v) is 4.58. The molecular weight excluding hydrogens is 272 g/mol. The van der Waals surface area contributed by atoms with E-state index in [2.05, 4.69) is 5.92 Å². The Bertz CT molecular complexity index is 508. The normalized spacial score (nSPS) is 23.4. The van der Waals surface area contributed by atoms with Gasteiger partial charge in [-0.05, 0) is 0 Å².